The molecule has 0 unspecified atom stereocenters. The van der Waals surface area contributed by atoms with Crippen LogP contribution in [0.2, 0.25) is 0 Å². The van der Waals surface area contributed by atoms with Crippen molar-refractivity contribution >= 4 is 70.9 Å². The molecule has 0 bridgehead atoms. The predicted octanol–water partition coefficient (Wildman–Crippen LogP) is 2.19. The van der Waals surface area contributed by atoms with Crippen LogP contribution in [0.4, 0.5) is 11.4 Å². The molecule has 2 atom stereocenters. The number of hydrogen-bond acceptors (Lipinski definition) is 13. The number of anilines is 2. The highest BCUT2D eigenvalue weighted by Gasteiger charge is 2.34. The van der Waals surface area contributed by atoms with E-state index in [0.29, 0.717) is 21.2 Å². The minimum Gasteiger partial charge on any atom is -0.481 e. The second kappa shape index (κ2) is 22.8. The number of nitrogens with two attached hydrogens (primary N) is 2. The molecule has 0 fully saturated rings. The third-order valence-electron chi connectivity index (χ3n) is 8.92. The molecule has 0 aliphatic carbocycles. The van der Waals surface area contributed by atoms with Crippen molar-refractivity contribution in [1.29, 1.82) is 10.8 Å². The van der Waals surface area contributed by atoms with Gasteiger partial charge in [-0.25, -0.2) is 19.2 Å². The van der Waals surface area contributed by atoms with E-state index in [1.807, 2.05) is 0 Å². The van der Waals surface area contributed by atoms with E-state index in [1.54, 1.807) is 0 Å². The van der Waals surface area contributed by atoms with E-state index < -0.39 is 98.9 Å². The number of nitrogens with zero attached hydrogens (tertiary/aromatic N) is 2. The van der Waals surface area contributed by atoms with Gasteiger partial charge < -0.3 is 66.5 Å². The third-order valence-corrected chi connectivity index (χ3v) is 8.92. The fourth-order valence-corrected chi connectivity index (χ4v) is 5.96. The topological polar surface area (TPSA) is 375 Å². The van der Waals surface area contributed by atoms with Crippen LogP contribution in [0.3, 0.4) is 0 Å². The van der Waals surface area contributed by atoms with Crippen molar-refractivity contribution in [3.8, 4) is 11.5 Å². The Kier molecular flexibility index (Phi) is 17.1. The van der Waals surface area contributed by atoms with Crippen LogP contribution < -0.4 is 31.6 Å². The third kappa shape index (κ3) is 14.6. The first-order valence-corrected chi connectivity index (χ1v) is 19.0. The summed E-state index contributed by atoms with van der Waals surface area (Å²) in [6.07, 6.45) is -2.08. The number of amides is 2. The molecule has 0 saturated carbocycles. The Bertz CT molecular complexity index is 2290. The van der Waals surface area contributed by atoms with E-state index in [1.165, 1.54) is 84.9 Å². The zero-order chi connectivity index (χ0) is 47.8. The summed E-state index contributed by atoms with van der Waals surface area (Å²) in [5, 5.41) is 58.6. The van der Waals surface area contributed by atoms with Gasteiger partial charge in [0.2, 0.25) is 0 Å². The van der Waals surface area contributed by atoms with Crippen LogP contribution in [-0.2, 0) is 23.9 Å². The number of guanidine groups is 2. The largest absolute Gasteiger partial charge is 0.481 e. The van der Waals surface area contributed by atoms with Crippen LogP contribution >= 0.6 is 0 Å². The molecule has 0 aromatic heterocycles. The molecule has 0 aliphatic rings. The van der Waals surface area contributed by atoms with Gasteiger partial charge >= 0.3 is 35.8 Å². The van der Waals surface area contributed by atoms with Crippen LogP contribution in [-0.4, -0.2) is 128 Å². The van der Waals surface area contributed by atoms with Gasteiger partial charge in [0, 0.05) is 35.6 Å². The van der Waals surface area contributed by atoms with Crippen molar-refractivity contribution in [2.45, 2.75) is 24.9 Å². The number of rotatable bonds is 22. The number of esters is 2. The summed E-state index contributed by atoms with van der Waals surface area (Å²) < 4.78 is 16.4. The van der Waals surface area contributed by atoms with Gasteiger partial charge in [0.25, 0.3) is 11.8 Å². The molecule has 0 saturated heterocycles. The van der Waals surface area contributed by atoms with Crippen LogP contribution in [0.15, 0.2) is 97.1 Å². The molecule has 12 N–H and O–H groups in total. The van der Waals surface area contributed by atoms with E-state index in [-0.39, 0.29) is 45.7 Å². The highest BCUT2D eigenvalue weighted by atomic mass is 16.5. The minimum absolute atomic E-state index is 0.0820. The standard InChI is InChI=1S/C42H42N8O15/c43-41(44)47-27-11-7-23(8-12-27)39(61)64-29-5-1-3-25(19-29)35(55)49(31(37(57)58)21-33(51)52)15-17-63-18-16-50(32(38(59)60)22-34(53)54)36(56)26-4-2-6-30(20-26)65-40(62)24-9-13-28(14-10-24)48-42(45)46/h1-14,19-20,31-32H,15-18,21-22H2,(H,51,52)(H,53,54)(H,57,58)(H,59,60)(H4,43,44,47)(H4,45,46,48)/t31-,32-/m0/s1. The molecule has 0 radical (unpaired) electrons. The molecular weight excluding hydrogens is 857 g/mol. The van der Waals surface area contributed by atoms with Crippen LogP contribution in [0.1, 0.15) is 54.3 Å². The van der Waals surface area contributed by atoms with Gasteiger partial charge in [0.05, 0.1) is 37.2 Å². The number of benzene rings is 4. The van der Waals surface area contributed by atoms with Gasteiger partial charge in [0.1, 0.15) is 23.6 Å². The first-order chi connectivity index (χ1) is 30.8. The maximum atomic E-state index is 13.8. The number of carboxylic acids is 4. The Balaban J connectivity index is 1.49. The number of hydrogen-bond donors (Lipinski definition) is 10. The molecule has 0 spiro atoms. The molecule has 4 rings (SSSR count). The summed E-state index contributed by atoms with van der Waals surface area (Å²) in [7, 11) is 0. The predicted molar refractivity (Wildman–Crippen MR) is 227 cm³/mol. The van der Waals surface area contributed by atoms with Crippen LogP contribution in [0.5, 0.6) is 11.5 Å². The molecule has 0 aliphatic heterocycles. The van der Waals surface area contributed by atoms with E-state index in [4.69, 9.17) is 36.5 Å². The molecule has 4 aromatic carbocycles. The SMILES string of the molecule is N=C(N)Nc1ccc(C(=O)Oc2cccc(C(=O)N(CCOCCN(C(=O)c3cccc(OC(=O)c4ccc(NC(=N)N)cc4)c3)[C@@H](CC(=O)O)C(=O)O)[C@@H](CC(=O)O)C(=O)O)c2)cc1. The lowest BCUT2D eigenvalue weighted by Gasteiger charge is -2.30. The zero-order valence-electron chi connectivity index (χ0n) is 34.0. The smallest absolute Gasteiger partial charge is 0.343 e. The Hall–Kier alpha value is -8.86. The van der Waals surface area contributed by atoms with Gasteiger partial charge in [0.15, 0.2) is 11.9 Å². The highest BCUT2D eigenvalue weighted by Crippen LogP contribution is 2.22. The summed E-state index contributed by atoms with van der Waals surface area (Å²) in [6.45, 7) is -2.15. The average molecular weight is 899 g/mol. The Morgan fingerprint density at radius 1 is 0.538 bits per heavy atom. The van der Waals surface area contributed by atoms with Gasteiger partial charge in [-0.15, -0.1) is 0 Å². The van der Waals surface area contributed by atoms with Gasteiger partial charge in [-0.1, -0.05) is 12.1 Å². The van der Waals surface area contributed by atoms with Gasteiger partial charge in [-0.05, 0) is 84.9 Å². The lowest BCUT2D eigenvalue weighted by Crippen LogP contribution is -2.49. The van der Waals surface area contributed by atoms with E-state index in [9.17, 15) is 58.8 Å². The summed E-state index contributed by atoms with van der Waals surface area (Å²) >= 11 is 0. The van der Waals surface area contributed by atoms with Crippen LogP contribution in [0.25, 0.3) is 0 Å². The van der Waals surface area contributed by atoms with E-state index >= 15 is 0 Å². The fraction of sp³-hybridized carbons (Fsp3) is 0.190. The number of ether oxygens (including phenoxy) is 3. The van der Waals surface area contributed by atoms with Crippen molar-refractivity contribution in [1.82, 2.24) is 9.80 Å². The molecule has 23 heteroatoms. The summed E-state index contributed by atoms with van der Waals surface area (Å²) in [4.78, 5) is 103. The second-order valence-corrected chi connectivity index (χ2v) is 13.6. The maximum Gasteiger partial charge on any atom is 0.343 e. The molecule has 23 nitrogen and oxygen atoms in total. The summed E-state index contributed by atoms with van der Waals surface area (Å²) in [6, 6.07) is 17.6. The second-order valence-electron chi connectivity index (χ2n) is 13.6. The Morgan fingerprint density at radius 2 is 0.892 bits per heavy atom. The van der Waals surface area contributed by atoms with Crippen molar-refractivity contribution < 1.29 is 73.0 Å². The Labute approximate surface area is 368 Å². The van der Waals surface area contributed by atoms with Crippen molar-refractivity contribution in [3.63, 3.8) is 0 Å². The van der Waals surface area contributed by atoms with Crippen LogP contribution in [0, 0.1) is 10.8 Å². The number of carboxylic acid groups (broad SMARTS) is 4. The maximum absolute atomic E-state index is 13.8. The highest BCUT2D eigenvalue weighted by molar-refractivity contribution is 6.00. The first kappa shape index (κ1) is 48.8. The molecule has 65 heavy (non-hydrogen) atoms. The number of carbonyl (C=O) groups is 8. The summed E-state index contributed by atoms with van der Waals surface area (Å²) in [5.74, 6) is -11.1. The molecule has 4 aromatic rings. The monoisotopic (exact) mass is 898 g/mol. The molecule has 2 amide bonds. The zero-order valence-corrected chi connectivity index (χ0v) is 34.0. The van der Waals surface area contributed by atoms with Crippen molar-refractivity contribution in [2.75, 3.05) is 36.9 Å². The minimum atomic E-state index is -1.94. The average Bonchev–Trinajstić information content (AvgIpc) is 3.24. The quantitative estimate of drug-likeness (QED) is 0.0178. The number of carbonyl (C=O) groups excluding carboxylic acids is 4. The fourth-order valence-electron chi connectivity index (χ4n) is 5.96. The summed E-state index contributed by atoms with van der Waals surface area (Å²) in [5.41, 5.74) is 11.2. The lowest BCUT2D eigenvalue weighted by molar-refractivity contribution is -0.149. The van der Waals surface area contributed by atoms with E-state index in [2.05, 4.69) is 10.6 Å². The van der Waals surface area contributed by atoms with Crippen molar-refractivity contribution in [3.05, 3.63) is 119 Å². The molecule has 0 heterocycles. The molecular formula is C42H42N8O15. The van der Waals surface area contributed by atoms with E-state index in [0.717, 1.165) is 12.1 Å². The number of aliphatic carboxylic acids is 4. The lowest BCUT2D eigenvalue weighted by atomic mass is 10.1. The van der Waals surface area contributed by atoms with Crippen molar-refractivity contribution in [2.24, 2.45) is 11.5 Å². The Morgan fingerprint density at radius 3 is 1.20 bits per heavy atom. The first-order valence-electron chi connectivity index (χ1n) is 19.0. The van der Waals surface area contributed by atoms with Gasteiger partial charge in [-0.2, -0.15) is 0 Å². The molecule has 340 valence electrons. The normalized spacial score (nSPS) is 11.4. The number of nitrogens with one attached hydrogen (secondary N) is 4. The van der Waals surface area contributed by atoms with Gasteiger partial charge in [-0.3, -0.25) is 30.0 Å².